The van der Waals surface area contributed by atoms with Gasteiger partial charge in [0.05, 0.1) is 0 Å². The third-order valence-corrected chi connectivity index (χ3v) is 3.39. The van der Waals surface area contributed by atoms with E-state index in [0.717, 1.165) is 6.07 Å². The minimum atomic E-state index is -1.16. The first-order valence-electron chi connectivity index (χ1n) is 5.65. The van der Waals surface area contributed by atoms with Gasteiger partial charge < -0.3 is 0 Å². The van der Waals surface area contributed by atoms with E-state index in [2.05, 4.69) is 0 Å². The molecule has 4 heteroatoms. The van der Waals surface area contributed by atoms with Crippen molar-refractivity contribution in [2.75, 3.05) is 0 Å². The highest BCUT2D eigenvalue weighted by atomic mass is 19.2. The van der Waals surface area contributed by atoms with E-state index in [4.69, 9.17) is 0 Å². The summed E-state index contributed by atoms with van der Waals surface area (Å²) in [6.07, 6.45) is 1.16. The van der Waals surface area contributed by atoms with E-state index in [-0.39, 0.29) is 23.2 Å². The van der Waals surface area contributed by atoms with Gasteiger partial charge in [-0.3, -0.25) is 4.79 Å². The highest BCUT2D eigenvalue weighted by Gasteiger charge is 2.30. The van der Waals surface area contributed by atoms with Gasteiger partial charge in [0.1, 0.15) is 11.6 Å². The van der Waals surface area contributed by atoms with Crippen molar-refractivity contribution >= 4 is 5.78 Å². The quantitative estimate of drug-likeness (QED) is 0.688. The van der Waals surface area contributed by atoms with Crippen molar-refractivity contribution in [3.8, 4) is 0 Å². The number of benzene rings is 1. The Kier molecular flexibility index (Phi) is 3.22. The molecule has 0 bridgehead atoms. The van der Waals surface area contributed by atoms with Crippen molar-refractivity contribution in [2.45, 2.75) is 32.1 Å². The largest absolute Gasteiger partial charge is 0.300 e. The fourth-order valence-electron chi connectivity index (χ4n) is 2.51. The number of ketones is 1. The molecule has 1 aliphatic carbocycles. The number of rotatable bonds is 1. The number of hydrogen-bond acceptors (Lipinski definition) is 1. The van der Waals surface area contributed by atoms with Crippen molar-refractivity contribution in [2.24, 2.45) is 5.92 Å². The van der Waals surface area contributed by atoms with Gasteiger partial charge in [0, 0.05) is 18.9 Å². The van der Waals surface area contributed by atoms with Crippen molar-refractivity contribution in [1.82, 2.24) is 0 Å². The number of Topliss-reactive ketones (excluding diaryl/α,β-unsaturated/α-hetero) is 1. The third kappa shape index (κ3) is 2.35. The lowest BCUT2D eigenvalue weighted by Crippen LogP contribution is -2.22. The zero-order valence-corrected chi connectivity index (χ0v) is 9.47. The average molecular weight is 242 g/mol. The van der Waals surface area contributed by atoms with Crippen LogP contribution in [0.3, 0.4) is 0 Å². The van der Waals surface area contributed by atoms with Crippen LogP contribution in [0, 0.1) is 23.4 Å². The van der Waals surface area contributed by atoms with Crippen LogP contribution in [-0.2, 0) is 4.79 Å². The zero-order valence-electron chi connectivity index (χ0n) is 9.47. The SMILES string of the molecule is CC1CC(=O)CCC1c1cc(F)cc(F)c1F. The molecule has 2 rings (SSSR count). The van der Waals surface area contributed by atoms with Gasteiger partial charge in [0.2, 0.25) is 0 Å². The molecule has 0 aromatic heterocycles. The van der Waals surface area contributed by atoms with E-state index >= 15 is 0 Å². The molecular weight excluding hydrogens is 229 g/mol. The zero-order chi connectivity index (χ0) is 12.6. The Morgan fingerprint density at radius 3 is 2.59 bits per heavy atom. The molecule has 1 aromatic rings. The smallest absolute Gasteiger partial charge is 0.162 e. The second kappa shape index (κ2) is 4.51. The minimum Gasteiger partial charge on any atom is -0.300 e. The van der Waals surface area contributed by atoms with Gasteiger partial charge in [-0.25, -0.2) is 13.2 Å². The summed E-state index contributed by atoms with van der Waals surface area (Å²) in [5, 5.41) is 0. The van der Waals surface area contributed by atoms with E-state index in [1.54, 1.807) is 0 Å². The van der Waals surface area contributed by atoms with Gasteiger partial charge in [-0.15, -0.1) is 0 Å². The maximum absolute atomic E-state index is 13.6. The van der Waals surface area contributed by atoms with E-state index in [0.29, 0.717) is 25.3 Å². The molecule has 1 fully saturated rings. The summed E-state index contributed by atoms with van der Waals surface area (Å²) in [5.74, 6) is -3.15. The number of carbonyl (C=O) groups is 1. The van der Waals surface area contributed by atoms with E-state index in [1.165, 1.54) is 0 Å². The number of carbonyl (C=O) groups excluding carboxylic acids is 1. The monoisotopic (exact) mass is 242 g/mol. The molecule has 0 amide bonds. The normalized spacial score (nSPS) is 25.1. The molecule has 0 heterocycles. The standard InChI is InChI=1S/C13H13F3O/c1-7-4-9(17)2-3-10(7)11-5-8(14)6-12(15)13(11)16/h5-7,10H,2-4H2,1H3. The molecule has 2 atom stereocenters. The number of halogens is 3. The topological polar surface area (TPSA) is 17.1 Å². The second-order valence-corrected chi connectivity index (χ2v) is 4.66. The van der Waals surface area contributed by atoms with Crippen LogP contribution in [0.15, 0.2) is 12.1 Å². The highest BCUT2D eigenvalue weighted by molar-refractivity contribution is 5.79. The van der Waals surface area contributed by atoms with E-state index in [1.807, 2.05) is 6.92 Å². The molecule has 0 aliphatic heterocycles. The van der Waals surface area contributed by atoms with Crippen molar-refractivity contribution in [3.05, 3.63) is 35.1 Å². The van der Waals surface area contributed by atoms with Gasteiger partial charge in [-0.05, 0) is 29.9 Å². The summed E-state index contributed by atoms with van der Waals surface area (Å²) in [7, 11) is 0. The molecule has 2 unspecified atom stereocenters. The molecule has 1 saturated carbocycles. The van der Waals surface area contributed by atoms with Crippen LogP contribution in [0.25, 0.3) is 0 Å². The predicted molar refractivity (Wildman–Crippen MR) is 57.1 cm³/mol. The molecule has 1 aromatic carbocycles. The lowest BCUT2D eigenvalue weighted by Gasteiger charge is -2.28. The minimum absolute atomic E-state index is 0.0579. The van der Waals surface area contributed by atoms with Crippen LogP contribution in [-0.4, -0.2) is 5.78 Å². The Morgan fingerprint density at radius 1 is 1.24 bits per heavy atom. The van der Waals surface area contributed by atoms with Crippen LogP contribution < -0.4 is 0 Å². The molecule has 92 valence electrons. The first-order chi connectivity index (χ1) is 7.99. The van der Waals surface area contributed by atoms with Crippen LogP contribution in [0.1, 0.15) is 37.7 Å². The first kappa shape index (κ1) is 12.1. The van der Waals surface area contributed by atoms with Crippen LogP contribution >= 0.6 is 0 Å². The van der Waals surface area contributed by atoms with Crippen LogP contribution in [0.2, 0.25) is 0 Å². The van der Waals surface area contributed by atoms with Crippen molar-refractivity contribution < 1.29 is 18.0 Å². The van der Waals surface area contributed by atoms with Gasteiger partial charge in [-0.1, -0.05) is 6.92 Å². The van der Waals surface area contributed by atoms with Crippen molar-refractivity contribution in [1.29, 1.82) is 0 Å². The molecule has 1 nitrogen and oxygen atoms in total. The second-order valence-electron chi connectivity index (χ2n) is 4.66. The maximum Gasteiger partial charge on any atom is 0.162 e. The summed E-state index contributed by atoms with van der Waals surface area (Å²) in [5.41, 5.74) is 0.0579. The molecule has 1 aliphatic rings. The average Bonchev–Trinajstić information content (AvgIpc) is 2.24. The summed E-state index contributed by atoms with van der Waals surface area (Å²) in [6.45, 7) is 1.81. The van der Waals surface area contributed by atoms with Crippen LogP contribution in [0.4, 0.5) is 13.2 Å². The molecule has 0 radical (unpaired) electrons. The van der Waals surface area contributed by atoms with Gasteiger partial charge in [0.15, 0.2) is 11.6 Å². The lowest BCUT2D eigenvalue weighted by atomic mass is 9.76. The van der Waals surface area contributed by atoms with E-state index < -0.39 is 17.5 Å². The van der Waals surface area contributed by atoms with Gasteiger partial charge in [0.25, 0.3) is 0 Å². The fourth-order valence-corrected chi connectivity index (χ4v) is 2.51. The summed E-state index contributed by atoms with van der Waals surface area (Å²) < 4.78 is 39.8. The Bertz CT molecular complexity index is 456. The molecular formula is C13H13F3O. The third-order valence-electron chi connectivity index (χ3n) is 3.39. The maximum atomic E-state index is 13.6. The number of hydrogen-bond donors (Lipinski definition) is 0. The Labute approximate surface area is 97.6 Å². The van der Waals surface area contributed by atoms with E-state index in [9.17, 15) is 18.0 Å². The summed E-state index contributed by atoms with van der Waals surface area (Å²) in [4.78, 5) is 11.2. The lowest BCUT2D eigenvalue weighted by molar-refractivity contribution is -0.121. The predicted octanol–water partition coefficient (Wildman–Crippen LogP) is 3.58. The first-order valence-corrected chi connectivity index (χ1v) is 5.65. The Morgan fingerprint density at radius 2 is 1.94 bits per heavy atom. The Balaban J connectivity index is 2.37. The fraction of sp³-hybridized carbons (Fsp3) is 0.462. The van der Waals surface area contributed by atoms with Crippen LogP contribution in [0.5, 0.6) is 0 Å². The summed E-state index contributed by atoms with van der Waals surface area (Å²) >= 11 is 0. The van der Waals surface area contributed by atoms with Gasteiger partial charge in [-0.2, -0.15) is 0 Å². The summed E-state index contributed by atoms with van der Waals surface area (Å²) in [6, 6.07) is 1.58. The highest BCUT2D eigenvalue weighted by Crippen LogP contribution is 2.37. The molecule has 0 saturated heterocycles. The molecule has 0 N–H and O–H groups in total. The van der Waals surface area contributed by atoms with Gasteiger partial charge >= 0.3 is 0 Å². The molecule has 0 spiro atoms. The van der Waals surface area contributed by atoms with Crippen molar-refractivity contribution in [3.63, 3.8) is 0 Å². The Hall–Kier alpha value is -1.32. The molecule has 17 heavy (non-hydrogen) atoms.